The third-order valence-corrected chi connectivity index (χ3v) is 5.89. The number of aromatic nitrogens is 2. The van der Waals surface area contributed by atoms with Crippen LogP contribution in [-0.2, 0) is 4.79 Å². The highest BCUT2D eigenvalue weighted by Gasteiger charge is 2.22. The number of anilines is 1. The Morgan fingerprint density at radius 3 is 2.10 bits per heavy atom. The molecule has 0 fully saturated rings. The van der Waals surface area contributed by atoms with Crippen LogP contribution < -0.4 is 4.90 Å². The lowest BCUT2D eigenvalue weighted by atomic mass is 10.1. The van der Waals surface area contributed by atoms with Crippen molar-refractivity contribution in [3.63, 3.8) is 0 Å². The van der Waals surface area contributed by atoms with Crippen LogP contribution in [0.2, 0.25) is 0 Å². The molecule has 0 saturated carbocycles. The average molecular weight is 400 g/mol. The summed E-state index contributed by atoms with van der Waals surface area (Å²) in [5.41, 5.74) is 2.76. The van der Waals surface area contributed by atoms with Gasteiger partial charge in [-0.25, -0.2) is 0 Å². The number of hydrogen-bond donors (Lipinski definition) is 0. The molecular formula is C24H21N3OS. The highest BCUT2D eigenvalue weighted by atomic mass is 32.2. The molecule has 0 aliphatic rings. The molecule has 1 aromatic heterocycles. The Hall–Kier alpha value is -3.18. The number of hydrogen-bond acceptors (Lipinski definition) is 4. The molecule has 0 N–H and O–H groups in total. The zero-order valence-corrected chi connectivity index (χ0v) is 17.1. The molecule has 0 saturated heterocycles. The van der Waals surface area contributed by atoms with E-state index >= 15 is 0 Å². The summed E-state index contributed by atoms with van der Waals surface area (Å²) in [5, 5.41) is 11.5. The number of carbonyl (C=O) groups excluding carboxylic acids is 1. The Labute approximate surface area is 174 Å². The summed E-state index contributed by atoms with van der Waals surface area (Å²) in [6, 6.07) is 27.8. The Morgan fingerprint density at radius 1 is 0.828 bits per heavy atom. The molecule has 0 bridgehead atoms. The van der Waals surface area contributed by atoms with E-state index in [0.29, 0.717) is 0 Å². The van der Waals surface area contributed by atoms with E-state index < -0.39 is 0 Å². The summed E-state index contributed by atoms with van der Waals surface area (Å²) >= 11 is 1.44. The number of carbonyl (C=O) groups is 1. The molecule has 3 aromatic carbocycles. The molecule has 4 nitrogen and oxygen atoms in total. The van der Waals surface area contributed by atoms with Gasteiger partial charge in [-0.1, -0.05) is 84.6 Å². The molecule has 4 aromatic rings. The number of nitrogens with zero attached hydrogens (tertiary/aromatic N) is 3. The van der Waals surface area contributed by atoms with Crippen molar-refractivity contribution in [3.05, 3.63) is 84.9 Å². The fraction of sp³-hybridized carbons (Fsp3) is 0.125. The van der Waals surface area contributed by atoms with Gasteiger partial charge >= 0.3 is 0 Å². The molecular weight excluding hydrogens is 378 g/mol. The molecule has 144 valence electrons. The Balaban J connectivity index is 1.64. The van der Waals surface area contributed by atoms with Crippen molar-refractivity contribution in [2.45, 2.75) is 17.2 Å². The van der Waals surface area contributed by atoms with Crippen LogP contribution in [-0.4, -0.2) is 28.4 Å². The van der Waals surface area contributed by atoms with Crippen molar-refractivity contribution in [1.82, 2.24) is 10.2 Å². The van der Waals surface area contributed by atoms with Crippen LogP contribution >= 0.6 is 11.8 Å². The topological polar surface area (TPSA) is 46.1 Å². The molecule has 0 aliphatic carbocycles. The lowest BCUT2D eigenvalue weighted by Gasteiger charge is -2.21. The largest absolute Gasteiger partial charge is 0.315 e. The molecule has 0 aliphatic heterocycles. The summed E-state index contributed by atoms with van der Waals surface area (Å²) in [6.45, 7) is 1.91. The number of fused-ring (bicyclic) bond motifs is 1. The third-order valence-electron chi connectivity index (χ3n) is 4.81. The van der Waals surface area contributed by atoms with Gasteiger partial charge in [-0.05, 0) is 19.1 Å². The Bertz CT molecular complexity index is 1130. The van der Waals surface area contributed by atoms with Crippen molar-refractivity contribution < 1.29 is 4.79 Å². The zero-order valence-electron chi connectivity index (χ0n) is 16.3. The predicted molar refractivity (Wildman–Crippen MR) is 120 cm³/mol. The number of benzene rings is 3. The maximum absolute atomic E-state index is 12.9. The number of para-hydroxylation sites is 1. The number of thioether (sulfide) groups is 1. The zero-order chi connectivity index (χ0) is 20.2. The lowest BCUT2D eigenvalue weighted by molar-refractivity contribution is -0.117. The van der Waals surface area contributed by atoms with Crippen molar-refractivity contribution in [1.29, 1.82) is 0 Å². The molecule has 0 spiro atoms. The fourth-order valence-corrected chi connectivity index (χ4v) is 4.23. The smallest absolute Gasteiger partial charge is 0.239 e. The summed E-state index contributed by atoms with van der Waals surface area (Å²) in [5.74, 6) is 0.0271. The van der Waals surface area contributed by atoms with Crippen LogP contribution in [0.4, 0.5) is 5.69 Å². The molecule has 1 atom stereocenters. The monoisotopic (exact) mass is 399 g/mol. The van der Waals surface area contributed by atoms with Crippen LogP contribution in [0, 0.1) is 0 Å². The highest BCUT2D eigenvalue weighted by Crippen LogP contribution is 2.34. The van der Waals surface area contributed by atoms with Crippen molar-refractivity contribution >= 4 is 34.1 Å². The quantitative estimate of drug-likeness (QED) is 0.419. The standard InChI is InChI=1S/C24H21N3OS/c1-17(24(28)27(2)19-13-7-4-8-14-19)29-23-21-16-10-9-15-20(21)22(25-26-23)18-11-5-3-6-12-18/h3-17H,1-2H3. The maximum Gasteiger partial charge on any atom is 0.239 e. The second kappa shape index (κ2) is 8.45. The average Bonchev–Trinajstić information content (AvgIpc) is 2.79. The molecule has 4 rings (SSSR count). The number of amides is 1. The second-order valence-corrected chi connectivity index (χ2v) is 8.09. The van der Waals surface area contributed by atoms with Crippen molar-refractivity contribution in [3.8, 4) is 11.3 Å². The van der Waals surface area contributed by atoms with Crippen LogP contribution in [0.15, 0.2) is 90.0 Å². The van der Waals surface area contributed by atoms with E-state index in [-0.39, 0.29) is 11.2 Å². The minimum atomic E-state index is -0.291. The first-order chi connectivity index (χ1) is 14.1. The van der Waals surface area contributed by atoms with Gasteiger partial charge in [-0.15, -0.1) is 10.2 Å². The van der Waals surface area contributed by atoms with E-state index in [9.17, 15) is 4.79 Å². The van der Waals surface area contributed by atoms with Crippen LogP contribution in [0.5, 0.6) is 0 Å². The van der Waals surface area contributed by atoms with E-state index in [2.05, 4.69) is 16.3 Å². The normalized spacial score (nSPS) is 11.9. The first-order valence-corrected chi connectivity index (χ1v) is 10.3. The first kappa shape index (κ1) is 19.2. The second-order valence-electron chi connectivity index (χ2n) is 6.76. The van der Waals surface area contributed by atoms with Crippen LogP contribution in [0.1, 0.15) is 6.92 Å². The minimum absolute atomic E-state index is 0.0271. The third kappa shape index (κ3) is 4.00. The summed E-state index contributed by atoms with van der Waals surface area (Å²) in [7, 11) is 1.80. The summed E-state index contributed by atoms with van der Waals surface area (Å²) < 4.78 is 0. The van der Waals surface area contributed by atoms with Crippen LogP contribution in [0.3, 0.4) is 0 Å². The van der Waals surface area contributed by atoms with Crippen molar-refractivity contribution in [2.75, 3.05) is 11.9 Å². The van der Waals surface area contributed by atoms with Gasteiger partial charge in [-0.3, -0.25) is 4.79 Å². The molecule has 5 heteroatoms. The maximum atomic E-state index is 12.9. The Morgan fingerprint density at radius 2 is 1.41 bits per heavy atom. The van der Waals surface area contributed by atoms with E-state index in [1.54, 1.807) is 11.9 Å². The van der Waals surface area contributed by atoms with E-state index in [0.717, 1.165) is 32.7 Å². The highest BCUT2D eigenvalue weighted by molar-refractivity contribution is 8.00. The van der Waals surface area contributed by atoms with Gasteiger partial charge in [0.05, 0.1) is 5.25 Å². The fourth-order valence-electron chi connectivity index (χ4n) is 3.24. The van der Waals surface area contributed by atoms with Gasteiger partial charge in [0.2, 0.25) is 5.91 Å². The van der Waals surface area contributed by atoms with Gasteiger partial charge in [0, 0.05) is 29.1 Å². The van der Waals surface area contributed by atoms with Crippen LogP contribution in [0.25, 0.3) is 22.0 Å². The van der Waals surface area contributed by atoms with Gasteiger partial charge in [-0.2, -0.15) is 0 Å². The van der Waals surface area contributed by atoms with Gasteiger partial charge < -0.3 is 4.90 Å². The summed E-state index contributed by atoms with van der Waals surface area (Å²) in [4.78, 5) is 14.6. The first-order valence-electron chi connectivity index (χ1n) is 9.45. The molecule has 29 heavy (non-hydrogen) atoms. The van der Waals surface area contributed by atoms with Crippen molar-refractivity contribution in [2.24, 2.45) is 0 Å². The summed E-state index contributed by atoms with van der Waals surface area (Å²) in [6.07, 6.45) is 0. The van der Waals surface area contributed by atoms with E-state index in [1.165, 1.54) is 11.8 Å². The molecule has 1 heterocycles. The number of rotatable bonds is 5. The molecule has 0 radical (unpaired) electrons. The minimum Gasteiger partial charge on any atom is -0.315 e. The predicted octanol–water partition coefficient (Wildman–Crippen LogP) is 5.44. The molecule has 1 amide bonds. The van der Waals surface area contributed by atoms with E-state index in [4.69, 9.17) is 0 Å². The van der Waals surface area contributed by atoms with Gasteiger partial charge in [0.1, 0.15) is 10.7 Å². The SMILES string of the molecule is CC(Sc1nnc(-c2ccccc2)c2ccccc12)C(=O)N(C)c1ccccc1. The van der Waals surface area contributed by atoms with E-state index in [1.807, 2.05) is 85.8 Å². The lowest BCUT2D eigenvalue weighted by Crippen LogP contribution is -2.33. The van der Waals surface area contributed by atoms with Gasteiger partial charge in [0.25, 0.3) is 0 Å². The van der Waals surface area contributed by atoms with Gasteiger partial charge in [0.15, 0.2) is 0 Å². The Kier molecular flexibility index (Phi) is 5.58. The molecule has 1 unspecified atom stereocenters.